The molecule has 0 bridgehead atoms. The first-order chi connectivity index (χ1) is 7.42. The SMILES string of the molecule is FCCCNCc1cccc2nccn12. The van der Waals surface area contributed by atoms with E-state index < -0.39 is 0 Å². The topological polar surface area (TPSA) is 29.3 Å². The van der Waals surface area contributed by atoms with Crippen molar-refractivity contribution in [1.82, 2.24) is 14.7 Å². The van der Waals surface area contributed by atoms with Crippen molar-refractivity contribution in [2.75, 3.05) is 13.2 Å². The largest absolute Gasteiger partial charge is 0.311 e. The summed E-state index contributed by atoms with van der Waals surface area (Å²) in [5.74, 6) is 0. The standard InChI is InChI=1S/C11H14FN3/c12-5-2-6-13-9-10-3-1-4-11-14-7-8-15(10)11/h1,3-4,7-8,13H,2,5-6,9H2. The van der Waals surface area contributed by atoms with E-state index in [-0.39, 0.29) is 6.67 Å². The lowest BCUT2D eigenvalue weighted by Gasteiger charge is -2.06. The molecule has 0 aliphatic rings. The van der Waals surface area contributed by atoms with Crippen LogP contribution in [-0.4, -0.2) is 22.6 Å². The molecule has 0 unspecified atom stereocenters. The third-order valence-electron chi connectivity index (χ3n) is 2.31. The highest BCUT2D eigenvalue weighted by atomic mass is 19.1. The van der Waals surface area contributed by atoms with E-state index in [0.29, 0.717) is 13.0 Å². The van der Waals surface area contributed by atoms with Gasteiger partial charge in [-0.05, 0) is 25.1 Å². The third-order valence-corrected chi connectivity index (χ3v) is 2.31. The van der Waals surface area contributed by atoms with Crippen molar-refractivity contribution in [1.29, 1.82) is 0 Å². The van der Waals surface area contributed by atoms with Gasteiger partial charge in [-0.25, -0.2) is 4.98 Å². The Morgan fingerprint density at radius 3 is 3.20 bits per heavy atom. The molecule has 0 saturated carbocycles. The number of pyridine rings is 1. The molecule has 0 radical (unpaired) electrons. The van der Waals surface area contributed by atoms with E-state index >= 15 is 0 Å². The van der Waals surface area contributed by atoms with Crippen molar-refractivity contribution in [3.63, 3.8) is 0 Å². The maximum Gasteiger partial charge on any atom is 0.136 e. The molecule has 0 spiro atoms. The highest BCUT2D eigenvalue weighted by Gasteiger charge is 1.99. The normalized spacial score (nSPS) is 11.0. The van der Waals surface area contributed by atoms with Crippen LogP contribution >= 0.6 is 0 Å². The van der Waals surface area contributed by atoms with Gasteiger partial charge >= 0.3 is 0 Å². The summed E-state index contributed by atoms with van der Waals surface area (Å²) in [6, 6.07) is 5.98. The minimum atomic E-state index is -0.262. The van der Waals surface area contributed by atoms with Gasteiger partial charge < -0.3 is 9.72 Å². The number of hydrogen-bond donors (Lipinski definition) is 1. The molecule has 0 aliphatic carbocycles. The summed E-state index contributed by atoms with van der Waals surface area (Å²) in [7, 11) is 0. The fourth-order valence-electron chi connectivity index (χ4n) is 1.56. The molecule has 15 heavy (non-hydrogen) atoms. The summed E-state index contributed by atoms with van der Waals surface area (Å²) < 4.78 is 13.9. The second-order valence-corrected chi connectivity index (χ2v) is 3.39. The molecule has 0 amide bonds. The van der Waals surface area contributed by atoms with Gasteiger partial charge in [-0.3, -0.25) is 4.39 Å². The van der Waals surface area contributed by atoms with E-state index in [4.69, 9.17) is 0 Å². The van der Waals surface area contributed by atoms with Crippen molar-refractivity contribution >= 4 is 5.65 Å². The zero-order chi connectivity index (χ0) is 10.5. The van der Waals surface area contributed by atoms with Crippen LogP contribution in [-0.2, 0) is 6.54 Å². The summed E-state index contributed by atoms with van der Waals surface area (Å²) in [4.78, 5) is 4.20. The second kappa shape index (κ2) is 4.89. The van der Waals surface area contributed by atoms with E-state index in [1.807, 2.05) is 28.8 Å². The van der Waals surface area contributed by atoms with E-state index in [9.17, 15) is 4.39 Å². The molecule has 2 aromatic rings. The Morgan fingerprint density at radius 2 is 2.33 bits per heavy atom. The lowest BCUT2D eigenvalue weighted by Crippen LogP contribution is -2.16. The minimum Gasteiger partial charge on any atom is -0.311 e. The van der Waals surface area contributed by atoms with Crippen LogP contribution in [0.3, 0.4) is 0 Å². The van der Waals surface area contributed by atoms with Crippen LogP contribution in [0.15, 0.2) is 30.6 Å². The monoisotopic (exact) mass is 207 g/mol. The van der Waals surface area contributed by atoms with E-state index in [1.54, 1.807) is 6.20 Å². The number of nitrogens with zero attached hydrogens (tertiary/aromatic N) is 2. The Morgan fingerprint density at radius 1 is 1.40 bits per heavy atom. The number of nitrogens with one attached hydrogen (secondary N) is 1. The number of fused-ring (bicyclic) bond motifs is 1. The molecular weight excluding hydrogens is 193 g/mol. The molecule has 0 saturated heterocycles. The van der Waals surface area contributed by atoms with Crippen LogP contribution in [0.1, 0.15) is 12.1 Å². The van der Waals surface area contributed by atoms with Gasteiger partial charge in [0, 0.05) is 24.6 Å². The number of halogens is 1. The molecule has 0 fully saturated rings. The Kier molecular flexibility index (Phi) is 3.29. The highest BCUT2D eigenvalue weighted by molar-refractivity contribution is 5.39. The first-order valence-electron chi connectivity index (χ1n) is 5.09. The maximum absolute atomic E-state index is 11.9. The summed E-state index contributed by atoms with van der Waals surface area (Å²) in [5, 5.41) is 3.20. The molecule has 2 rings (SSSR count). The summed E-state index contributed by atoms with van der Waals surface area (Å²) in [6.07, 6.45) is 4.28. The predicted molar refractivity (Wildman–Crippen MR) is 57.5 cm³/mol. The summed E-state index contributed by atoms with van der Waals surface area (Å²) in [6.45, 7) is 1.19. The summed E-state index contributed by atoms with van der Waals surface area (Å²) >= 11 is 0. The molecule has 0 aliphatic heterocycles. The molecule has 1 N–H and O–H groups in total. The second-order valence-electron chi connectivity index (χ2n) is 3.39. The van der Waals surface area contributed by atoms with Crippen LogP contribution in [0.4, 0.5) is 4.39 Å². The van der Waals surface area contributed by atoms with Crippen molar-refractivity contribution < 1.29 is 4.39 Å². The number of rotatable bonds is 5. The average molecular weight is 207 g/mol. The smallest absolute Gasteiger partial charge is 0.136 e. The highest BCUT2D eigenvalue weighted by Crippen LogP contribution is 2.05. The Hall–Kier alpha value is -1.42. The van der Waals surface area contributed by atoms with Crippen LogP contribution in [0.5, 0.6) is 0 Å². The molecular formula is C11H14FN3. The Labute approximate surface area is 87.9 Å². The van der Waals surface area contributed by atoms with Gasteiger partial charge in [0.2, 0.25) is 0 Å². The van der Waals surface area contributed by atoms with Gasteiger partial charge in [0.1, 0.15) is 5.65 Å². The van der Waals surface area contributed by atoms with Crippen LogP contribution in [0.25, 0.3) is 5.65 Å². The predicted octanol–water partition coefficient (Wildman–Crippen LogP) is 1.78. The number of hydrogen-bond acceptors (Lipinski definition) is 2. The van der Waals surface area contributed by atoms with Gasteiger partial charge in [-0.15, -0.1) is 0 Å². The molecule has 3 nitrogen and oxygen atoms in total. The first-order valence-corrected chi connectivity index (χ1v) is 5.09. The molecule has 80 valence electrons. The van der Waals surface area contributed by atoms with E-state index in [1.165, 1.54) is 0 Å². The van der Waals surface area contributed by atoms with Crippen LogP contribution in [0.2, 0.25) is 0 Å². The van der Waals surface area contributed by atoms with Gasteiger partial charge in [0.15, 0.2) is 0 Å². The quantitative estimate of drug-likeness (QED) is 0.757. The Balaban J connectivity index is 2.04. The lowest BCUT2D eigenvalue weighted by molar-refractivity contribution is 0.458. The van der Waals surface area contributed by atoms with Gasteiger partial charge in [0.05, 0.1) is 6.67 Å². The minimum absolute atomic E-state index is 0.262. The van der Waals surface area contributed by atoms with Gasteiger partial charge in [0.25, 0.3) is 0 Å². The van der Waals surface area contributed by atoms with E-state index in [0.717, 1.165) is 17.9 Å². The van der Waals surface area contributed by atoms with Crippen molar-refractivity contribution in [2.45, 2.75) is 13.0 Å². The van der Waals surface area contributed by atoms with Crippen molar-refractivity contribution in [3.8, 4) is 0 Å². The molecule has 2 heterocycles. The van der Waals surface area contributed by atoms with Crippen LogP contribution < -0.4 is 5.32 Å². The number of alkyl halides is 1. The van der Waals surface area contributed by atoms with E-state index in [2.05, 4.69) is 10.3 Å². The number of imidazole rings is 1. The fraction of sp³-hybridized carbons (Fsp3) is 0.364. The fourth-order valence-corrected chi connectivity index (χ4v) is 1.56. The molecule has 0 atom stereocenters. The number of aromatic nitrogens is 2. The summed E-state index contributed by atoms with van der Waals surface area (Å²) in [5.41, 5.74) is 2.09. The first kappa shape index (κ1) is 10.1. The molecule has 0 aromatic carbocycles. The maximum atomic E-state index is 11.9. The van der Waals surface area contributed by atoms with Crippen molar-refractivity contribution in [2.24, 2.45) is 0 Å². The van der Waals surface area contributed by atoms with Gasteiger partial charge in [-0.2, -0.15) is 0 Å². The zero-order valence-electron chi connectivity index (χ0n) is 8.49. The van der Waals surface area contributed by atoms with Crippen molar-refractivity contribution in [3.05, 3.63) is 36.3 Å². The average Bonchev–Trinajstić information content (AvgIpc) is 2.73. The third kappa shape index (κ3) is 2.33. The van der Waals surface area contributed by atoms with Crippen LogP contribution in [0, 0.1) is 0 Å². The molecule has 2 aromatic heterocycles. The Bertz CT molecular complexity index is 424. The lowest BCUT2D eigenvalue weighted by atomic mass is 10.3. The molecule has 4 heteroatoms. The zero-order valence-corrected chi connectivity index (χ0v) is 8.49. The van der Waals surface area contributed by atoms with Gasteiger partial charge in [-0.1, -0.05) is 6.07 Å².